The van der Waals surface area contributed by atoms with E-state index in [0.717, 1.165) is 5.56 Å². The Morgan fingerprint density at radius 1 is 1.20 bits per heavy atom. The van der Waals surface area contributed by atoms with E-state index in [9.17, 15) is 18.8 Å². The normalized spacial score (nSPS) is 13.0. The summed E-state index contributed by atoms with van der Waals surface area (Å²) in [6.07, 6.45) is 2.32. The van der Waals surface area contributed by atoms with Gasteiger partial charge in [-0.05, 0) is 47.0 Å². The van der Waals surface area contributed by atoms with E-state index < -0.39 is 11.5 Å². The molecular weight excluding hydrogens is 405 g/mol. The molecule has 0 saturated heterocycles. The highest BCUT2D eigenvalue weighted by molar-refractivity contribution is 7.12. The highest BCUT2D eigenvalue weighted by atomic mass is 32.1. The van der Waals surface area contributed by atoms with Crippen LogP contribution in [0.4, 0.5) is 4.39 Å². The number of H-pyrrole nitrogens is 1. The molecule has 8 heteroatoms. The van der Waals surface area contributed by atoms with Crippen LogP contribution in [0.2, 0.25) is 0 Å². The zero-order valence-electron chi connectivity index (χ0n) is 16.1. The van der Waals surface area contributed by atoms with Crippen molar-refractivity contribution in [2.24, 2.45) is 0 Å². The fourth-order valence-electron chi connectivity index (χ4n) is 3.64. The lowest BCUT2D eigenvalue weighted by atomic mass is 9.96. The van der Waals surface area contributed by atoms with Gasteiger partial charge in [0, 0.05) is 25.8 Å². The van der Waals surface area contributed by atoms with E-state index in [-0.39, 0.29) is 23.8 Å². The Kier molecular flexibility index (Phi) is 5.76. The lowest BCUT2D eigenvalue weighted by Crippen LogP contribution is -2.39. The molecule has 0 unspecified atom stereocenters. The molecule has 1 aliphatic heterocycles. The number of thiophene rings is 1. The van der Waals surface area contributed by atoms with Gasteiger partial charge >= 0.3 is 0 Å². The molecule has 30 heavy (non-hydrogen) atoms. The number of hydrogen-bond donors (Lipinski definition) is 2. The average molecular weight is 425 g/mol. The van der Waals surface area contributed by atoms with Crippen LogP contribution >= 0.6 is 11.3 Å². The van der Waals surface area contributed by atoms with E-state index in [2.05, 4.69) is 10.3 Å². The zero-order chi connectivity index (χ0) is 21.1. The third-order valence-electron chi connectivity index (χ3n) is 5.17. The fourth-order valence-corrected chi connectivity index (χ4v) is 4.33. The molecule has 0 aliphatic carbocycles. The quantitative estimate of drug-likeness (QED) is 0.660. The Hall–Kier alpha value is -3.26. The monoisotopic (exact) mass is 425 g/mol. The molecule has 4 rings (SSSR count). The molecule has 2 aromatic heterocycles. The number of fused-ring (bicyclic) bond motifs is 1. The van der Waals surface area contributed by atoms with E-state index in [4.69, 9.17) is 0 Å². The molecule has 1 aliphatic rings. The number of rotatable bonds is 5. The number of amides is 2. The number of hydrogen-bond acceptors (Lipinski definition) is 4. The number of aromatic nitrogens is 1. The first kappa shape index (κ1) is 20.0. The van der Waals surface area contributed by atoms with Gasteiger partial charge in [0.15, 0.2) is 0 Å². The van der Waals surface area contributed by atoms with Gasteiger partial charge in [0.05, 0.1) is 4.88 Å². The van der Waals surface area contributed by atoms with Crippen LogP contribution in [0.25, 0.3) is 0 Å². The van der Waals surface area contributed by atoms with Crippen molar-refractivity contribution in [2.45, 2.75) is 19.4 Å². The molecule has 1 aromatic carbocycles. The van der Waals surface area contributed by atoms with Gasteiger partial charge in [0.1, 0.15) is 11.4 Å². The maximum absolute atomic E-state index is 13.7. The number of nitrogens with one attached hydrogen (secondary N) is 2. The molecular formula is C22H20FN3O3S. The summed E-state index contributed by atoms with van der Waals surface area (Å²) < 4.78 is 13.7. The molecule has 3 aromatic rings. The molecule has 0 atom stereocenters. The molecule has 2 N–H and O–H groups in total. The van der Waals surface area contributed by atoms with Gasteiger partial charge < -0.3 is 15.2 Å². The molecule has 0 saturated carbocycles. The van der Waals surface area contributed by atoms with Crippen LogP contribution in [0.3, 0.4) is 0 Å². The van der Waals surface area contributed by atoms with E-state index in [1.54, 1.807) is 35.4 Å². The molecule has 0 bridgehead atoms. The summed E-state index contributed by atoms with van der Waals surface area (Å²) in [6, 6.07) is 10.00. The van der Waals surface area contributed by atoms with Crippen LogP contribution in [0, 0.1) is 5.82 Å². The summed E-state index contributed by atoms with van der Waals surface area (Å²) >= 11 is 1.38. The van der Waals surface area contributed by atoms with Crippen LogP contribution in [0.5, 0.6) is 0 Å². The van der Waals surface area contributed by atoms with Gasteiger partial charge in [-0.25, -0.2) is 4.39 Å². The first-order valence-electron chi connectivity index (χ1n) is 9.62. The Labute approximate surface area is 176 Å². The number of carbonyl (C=O) groups is 2. The molecule has 154 valence electrons. The van der Waals surface area contributed by atoms with Crippen molar-refractivity contribution in [3.63, 3.8) is 0 Å². The van der Waals surface area contributed by atoms with Crippen molar-refractivity contribution in [3.05, 3.63) is 91.3 Å². The van der Waals surface area contributed by atoms with Crippen molar-refractivity contribution < 1.29 is 14.0 Å². The second-order valence-corrected chi connectivity index (χ2v) is 8.00. The SMILES string of the molecule is O=C(NCCc1ccccc1F)c1c2c(c[nH]c1=O)CN(C(=O)c1cccs1)CC2. The van der Waals surface area contributed by atoms with Crippen LogP contribution < -0.4 is 10.9 Å². The summed E-state index contributed by atoms with van der Waals surface area (Å²) in [5.41, 5.74) is 1.53. The first-order valence-corrected chi connectivity index (χ1v) is 10.5. The number of halogens is 1. The zero-order valence-corrected chi connectivity index (χ0v) is 16.9. The summed E-state index contributed by atoms with van der Waals surface area (Å²) in [5.74, 6) is -0.864. The van der Waals surface area contributed by atoms with Gasteiger partial charge in [0.2, 0.25) is 0 Å². The first-order chi connectivity index (χ1) is 14.5. The Balaban J connectivity index is 1.48. The van der Waals surface area contributed by atoms with Gasteiger partial charge in [-0.1, -0.05) is 24.3 Å². The number of pyridine rings is 1. The summed E-state index contributed by atoms with van der Waals surface area (Å²) in [4.78, 5) is 42.7. The minimum atomic E-state index is -0.484. The smallest absolute Gasteiger partial charge is 0.264 e. The third-order valence-corrected chi connectivity index (χ3v) is 6.03. The fraction of sp³-hybridized carbons (Fsp3) is 0.227. The summed E-state index contributed by atoms with van der Waals surface area (Å²) in [6.45, 7) is 0.979. The van der Waals surface area contributed by atoms with Gasteiger partial charge in [-0.2, -0.15) is 0 Å². The number of carbonyl (C=O) groups excluding carboxylic acids is 2. The van der Waals surface area contributed by atoms with E-state index in [0.29, 0.717) is 41.9 Å². The van der Waals surface area contributed by atoms with Crippen LogP contribution in [-0.2, 0) is 19.4 Å². The van der Waals surface area contributed by atoms with Crippen LogP contribution in [0.15, 0.2) is 52.8 Å². The molecule has 2 amide bonds. The summed E-state index contributed by atoms with van der Waals surface area (Å²) in [7, 11) is 0. The highest BCUT2D eigenvalue weighted by Gasteiger charge is 2.27. The predicted molar refractivity (Wildman–Crippen MR) is 112 cm³/mol. The van der Waals surface area contributed by atoms with E-state index >= 15 is 0 Å². The van der Waals surface area contributed by atoms with Crippen molar-refractivity contribution >= 4 is 23.2 Å². The van der Waals surface area contributed by atoms with Crippen molar-refractivity contribution in [1.82, 2.24) is 15.2 Å². The molecule has 6 nitrogen and oxygen atoms in total. The lowest BCUT2D eigenvalue weighted by molar-refractivity contribution is 0.0739. The standard InChI is InChI=1S/C22H20FN3O3S/c23-17-5-2-1-4-14(17)7-9-24-20(27)19-16-8-10-26(13-15(16)12-25-21(19)28)22(29)18-6-3-11-30-18/h1-6,11-12H,7-10,13H2,(H,24,27)(H,25,28). The minimum absolute atomic E-state index is 0.0576. The number of nitrogens with zero attached hydrogens (tertiary/aromatic N) is 1. The second-order valence-electron chi connectivity index (χ2n) is 7.05. The van der Waals surface area contributed by atoms with Crippen LogP contribution in [0.1, 0.15) is 36.7 Å². The Morgan fingerprint density at radius 2 is 2.03 bits per heavy atom. The lowest BCUT2D eigenvalue weighted by Gasteiger charge is -2.29. The van der Waals surface area contributed by atoms with Crippen molar-refractivity contribution in [3.8, 4) is 0 Å². The topological polar surface area (TPSA) is 82.3 Å². The van der Waals surface area contributed by atoms with Crippen LogP contribution in [-0.4, -0.2) is 34.8 Å². The van der Waals surface area contributed by atoms with Crippen molar-refractivity contribution in [2.75, 3.05) is 13.1 Å². The van der Waals surface area contributed by atoms with Gasteiger partial charge in [0.25, 0.3) is 17.4 Å². The second kappa shape index (κ2) is 8.62. The van der Waals surface area contributed by atoms with E-state index in [1.807, 2.05) is 11.4 Å². The maximum atomic E-state index is 13.7. The molecule has 0 radical (unpaired) electrons. The third kappa shape index (κ3) is 4.04. The number of aromatic amines is 1. The van der Waals surface area contributed by atoms with E-state index in [1.165, 1.54) is 17.4 Å². The Morgan fingerprint density at radius 3 is 2.80 bits per heavy atom. The Bertz CT molecular complexity index is 1140. The summed E-state index contributed by atoms with van der Waals surface area (Å²) in [5, 5.41) is 4.57. The average Bonchev–Trinajstić information content (AvgIpc) is 3.29. The molecule has 0 fully saturated rings. The highest BCUT2D eigenvalue weighted by Crippen LogP contribution is 2.22. The van der Waals surface area contributed by atoms with Gasteiger partial charge in [-0.15, -0.1) is 11.3 Å². The number of benzene rings is 1. The largest absolute Gasteiger partial charge is 0.352 e. The van der Waals surface area contributed by atoms with Gasteiger partial charge in [-0.3, -0.25) is 14.4 Å². The van der Waals surface area contributed by atoms with Crippen molar-refractivity contribution in [1.29, 1.82) is 0 Å². The molecule has 3 heterocycles. The molecule has 0 spiro atoms. The maximum Gasteiger partial charge on any atom is 0.264 e. The predicted octanol–water partition coefficient (Wildman–Crippen LogP) is 2.75. The minimum Gasteiger partial charge on any atom is -0.352 e.